The van der Waals surface area contributed by atoms with Crippen LogP contribution < -0.4 is 0 Å². The van der Waals surface area contributed by atoms with Crippen molar-refractivity contribution in [3.63, 3.8) is 0 Å². The van der Waals surface area contributed by atoms with E-state index in [2.05, 4.69) is 23.3 Å². The maximum Gasteiger partial charge on any atom is 0.134 e. The van der Waals surface area contributed by atoms with E-state index < -0.39 is 0 Å². The van der Waals surface area contributed by atoms with Crippen LogP contribution in [0.1, 0.15) is 11.3 Å². The molecule has 0 spiro atoms. The Balaban J connectivity index is 3.27. The molecule has 0 unspecified atom stereocenters. The predicted octanol–water partition coefficient (Wildman–Crippen LogP) is 2.35. The monoisotopic (exact) mass is 176 g/mol. The standard InChI is InChI=1S/C9H8N2O2/c1-6(11-13)8-4-3-5-10-9(8)7(2)12/h3-5,12H,1-2H2. The first-order chi connectivity index (χ1) is 6.16. The average molecular weight is 176 g/mol. The zero-order valence-corrected chi connectivity index (χ0v) is 6.90. The summed E-state index contributed by atoms with van der Waals surface area (Å²) >= 11 is 0. The molecule has 0 bridgehead atoms. The van der Waals surface area contributed by atoms with Crippen LogP contribution in [-0.2, 0) is 0 Å². The topological polar surface area (TPSA) is 62.5 Å². The highest BCUT2D eigenvalue weighted by molar-refractivity contribution is 5.72. The number of hydrogen-bond acceptors (Lipinski definition) is 4. The predicted molar refractivity (Wildman–Crippen MR) is 50.7 cm³/mol. The highest BCUT2D eigenvalue weighted by atomic mass is 16.3. The van der Waals surface area contributed by atoms with Crippen molar-refractivity contribution in [2.24, 2.45) is 5.18 Å². The second-order valence-corrected chi connectivity index (χ2v) is 2.38. The molecule has 1 aromatic heterocycles. The molecule has 0 aliphatic heterocycles. The summed E-state index contributed by atoms with van der Waals surface area (Å²) in [4.78, 5) is 14.0. The molecule has 1 rings (SSSR count). The van der Waals surface area contributed by atoms with E-state index in [1.165, 1.54) is 6.20 Å². The molecule has 1 aromatic rings. The van der Waals surface area contributed by atoms with E-state index in [9.17, 15) is 4.91 Å². The smallest absolute Gasteiger partial charge is 0.134 e. The quantitative estimate of drug-likeness (QED) is 0.568. The van der Waals surface area contributed by atoms with Gasteiger partial charge >= 0.3 is 0 Å². The molecule has 0 atom stereocenters. The molecule has 4 nitrogen and oxygen atoms in total. The first kappa shape index (κ1) is 9.12. The Morgan fingerprint density at radius 1 is 1.54 bits per heavy atom. The summed E-state index contributed by atoms with van der Waals surface area (Å²) in [6.07, 6.45) is 1.48. The fraction of sp³-hybridized carbons (Fsp3) is 0. The molecule has 66 valence electrons. The van der Waals surface area contributed by atoms with Gasteiger partial charge < -0.3 is 5.11 Å². The second kappa shape index (κ2) is 3.62. The first-order valence-electron chi connectivity index (χ1n) is 3.52. The number of hydrogen-bond donors (Lipinski definition) is 1. The van der Waals surface area contributed by atoms with Crippen molar-refractivity contribution in [1.29, 1.82) is 0 Å². The van der Waals surface area contributed by atoms with Gasteiger partial charge in [0.05, 0.1) is 0 Å². The molecule has 0 aromatic carbocycles. The van der Waals surface area contributed by atoms with Gasteiger partial charge in [0.1, 0.15) is 17.2 Å². The average Bonchev–Trinajstić information content (AvgIpc) is 2.16. The van der Waals surface area contributed by atoms with Crippen LogP contribution in [0.2, 0.25) is 0 Å². The van der Waals surface area contributed by atoms with Gasteiger partial charge in [0.25, 0.3) is 0 Å². The molecule has 0 radical (unpaired) electrons. The zero-order valence-electron chi connectivity index (χ0n) is 6.90. The molecule has 1 N–H and O–H groups in total. The molecule has 13 heavy (non-hydrogen) atoms. The highest BCUT2D eigenvalue weighted by Crippen LogP contribution is 2.20. The van der Waals surface area contributed by atoms with E-state index in [0.29, 0.717) is 5.56 Å². The minimum atomic E-state index is -0.208. The fourth-order valence-electron chi connectivity index (χ4n) is 0.917. The Kier molecular flexibility index (Phi) is 2.54. The van der Waals surface area contributed by atoms with Crippen LogP contribution in [0, 0.1) is 4.91 Å². The summed E-state index contributed by atoms with van der Waals surface area (Å²) in [5, 5.41) is 11.8. The number of rotatable bonds is 3. The number of aromatic nitrogens is 1. The van der Waals surface area contributed by atoms with Crippen LogP contribution in [0.5, 0.6) is 0 Å². The number of aliphatic hydroxyl groups is 1. The number of aliphatic hydroxyl groups excluding tert-OH is 1. The summed E-state index contributed by atoms with van der Waals surface area (Å²) in [7, 11) is 0. The number of nitrogens with zero attached hydrogens (tertiary/aromatic N) is 2. The molecule has 4 heteroatoms. The van der Waals surface area contributed by atoms with Gasteiger partial charge in [0.2, 0.25) is 0 Å². The lowest BCUT2D eigenvalue weighted by molar-refractivity contribution is 0.510. The third-order valence-corrected chi connectivity index (χ3v) is 1.50. The minimum absolute atomic E-state index is 0.0262. The van der Waals surface area contributed by atoms with Crippen molar-refractivity contribution in [3.8, 4) is 0 Å². The van der Waals surface area contributed by atoms with Gasteiger partial charge in [-0.05, 0) is 17.3 Å². The Morgan fingerprint density at radius 2 is 2.23 bits per heavy atom. The van der Waals surface area contributed by atoms with Crippen molar-refractivity contribution in [2.45, 2.75) is 0 Å². The minimum Gasteiger partial charge on any atom is -0.506 e. The molecule has 0 aliphatic carbocycles. The molecular weight excluding hydrogens is 168 g/mol. The third-order valence-electron chi connectivity index (χ3n) is 1.50. The lowest BCUT2D eigenvalue weighted by Crippen LogP contribution is -1.93. The van der Waals surface area contributed by atoms with Gasteiger partial charge in [-0.1, -0.05) is 13.2 Å². The van der Waals surface area contributed by atoms with Crippen LogP contribution in [0.25, 0.3) is 11.5 Å². The first-order valence-corrected chi connectivity index (χ1v) is 3.52. The number of pyridine rings is 1. The van der Waals surface area contributed by atoms with Crippen LogP contribution in [0.4, 0.5) is 0 Å². The molecule has 0 fully saturated rings. The lowest BCUT2D eigenvalue weighted by Gasteiger charge is -2.03. The summed E-state index contributed by atoms with van der Waals surface area (Å²) in [6, 6.07) is 3.21. The van der Waals surface area contributed by atoms with Crippen LogP contribution >= 0.6 is 0 Å². The van der Waals surface area contributed by atoms with E-state index in [4.69, 9.17) is 5.11 Å². The molecular formula is C9H8N2O2. The van der Waals surface area contributed by atoms with Crippen LogP contribution in [0.3, 0.4) is 0 Å². The SMILES string of the molecule is C=C(N=O)c1cccnc1C(=C)O. The van der Waals surface area contributed by atoms with Crippen LogP contribution in [-0.4, -0.2) is 10.1 Å². The molecule has 0 aliphatic rings. The van der Waals surface area contributed by atoms with Gasteiger partial charge in [0, 0.05) is 11.8 Å². The summed E-state index contributed by atoms with van der Waals surface area (Å²) in [6.45, 7) is 6.73. The lowest BCUT2D eigenvalue weighted by atomic mass is 10.1. The van der Waals surface area contributed by atoms with Crippen molar-refractivity contribution in [1.82, 2.24) is 4.98 Å². The maximum absolute atomic E-state index is 10.2. The largest absolute Gasteiger partial charge is 0.506 e. The Hall–Kier alpha value is -1.97. The Bertz CT molecular complexity index is 372. The Labute approximate surface area is 75.2 Å². The van der Waals surface area contributed by atoms with Gasteiger partial charge in [-0.15, -0.1) is 4.91 Å². The summed E-state index contributed by atoms with van der Waals surface area (Å²) < 4.78 is 0. The number of nitroso groups, excluding NO2 is 1. The van der Waals surface area contributed by atoms with Crippen LogP contribution in [0.15, 0.2) is 36.7 Å². The van der Waals surface area contributed by atoms with E-state index in [0.717, 1.165) is 0 Å². The van der Waals surface area contributed by atoms with E-state index in [1.807, 2.05) is 0 Å². The zero-order chi connectivity index (χ0) is 9.84. The third kappa shape index (κ3) is 1.79. The summed E-state index contributed by atoms with van der Waals surface area (Å²) in [5.74, 6) is -0.208. The van der Waals surface area contributed by atoms with E-state index in [1.54, 1.807) is 12.1 Å². The van der Waals surface area contributed by atoms with Gasteiger partial charge in [0.15, 0.2) is 0 Å². The summed E-state index contributed by atoms with van der Waals surface area (Å²) in [5.41, 5.74) is 0.649. The molecule has 0 amide bonds. The second-order valence-electron chi connectivity index (χ2n) is 2.38. The fourth-order valence-corrected chi connectivity index (χ4v) is 0.917. The van der Waals surface area contributed by atoms with Gasteiger partial charge in [-0.25, -0.2) is 0 Å². The van der Waals surface area contributed by atoms with Crippen molar-refractivity contribution in [2.75, 3.05) is 0 Å². The highest BCUT2D eigenvalue weighted by Gasteiger charge is 2.08. The van der Waals surface area contributed by atoms with Gasteiger partial charge in [-0.3, -0.25) is 4.98 Å². The Morgan fingerprint density at radius 3 is 2.77 bits per heavy atom. The van der Waals surface area contributed by atoms with Crippen molar-refractivity contribution < 1.29 is 5.11 Å². The normalized spacial score (nSPS) is 9.23. The molecule has 0 saturated carbocycles. The van der Waals surface area contributed by atoms with Crippen molar-refractivity contribution in [3.05, 3.63) is 47.7 Å². The maximum atomic E-state index is 10.2. The van der Waals surface area contributed by atoms with Crippen molar-refractivity contribution >= 4 is 11.5 Å². The van der Waals surface area contributed by atoms with Gasteiger partial charge in [-0.2, -0.15) is 0 Å². The molecule has 1 heterocycles. The van der Waals surface area contributed by atoms with E-state index >= 15 is 0 Å². The molecule has 0 saturated heterocycles. The van der Waals surface area contributed by atoms with E-state index in [-0.39, 0.29) is 17.2 Å².